The maximum absolute atomic E-state index is 6.60. The molecule has 6 aromatic rings. The molecule has 190 valence electrons. The molecule has 0 saturated heterocycles. The number of nitrogens with zero attached hydrogens (tertiary/aromatic N) is 1. The smallest absolute Gasteiger partial charge is 0.159 e. The van der Waals surface area contributed by atoms with Crippen LogP contribution in [-0.2, 0) is 10.8 Å². The zero-order chi connectivity index (χ0) is 26.2. The minimum absolute atomic E-state index is 0.287. The summed E-state index contributed by atoms with van der Waals surface area (Å²) in [5.74, 6) is 0. The topological polar surface area (TPSA) is 16.4 Å². The molecule has 0 N–H and O–H groups in total. The van der Waals surface area contributed by atoms with Gasteiger partial charge in [-0.3, -0.25) is 0 Å². The second-order valence-corrected chi connectivity index (χ2v) is 12.0. The van der Waals surface area contributed by atoms with Crippen molar-refractivity contribution in [2.45, 2.75) is 43.9 Å². The Kier molecular flexibility index (Phi) is 4.71. The van der Waals surface area contributed by atoms with E-state index >= 15 is 0 Å². The molecule has 1 fully saturated rings. The highest BCUT2D eigenvalue weighted by Crippen LogP contribution is 2.61. The molecule has 2 aliphatic carbocycles. The molecule has 2 aliphatic rings. The third kappa shape index (κ3) is 3.34. The van der Waals surface area contributed by atoms with Crippen LogP contribution in [0.5, 0.6) is 0 Å². The van der Waals surface area contributed by atoms with Crippen molar-refractivity contribution < 1.29 is 4.42 Å². The van der Waals surface area contributed by atoms with Crippen LogP contribution in [0, 0.1) is 0 Å². The lowest BCUT2D eigenvalue weighted by atomic mass is 9.77. The molecule has 0 amide bonds. The molecule has 2 heteroatoms. The molecule has 0 spiro atoms. The molecular formula is C37H31NO. The van der Waals surface area contributed by atoms with E-state index in [0.29, 0.717) is 5.41 Å². The van der Waals surface area contributed by atoms with Gasteiger partial charge in [-0.15, -0.1) is 0 Å². The first kappa shape index (κ1) is 22.7. The van der Waals surface area contributed by atoms with E-state index in [1.54, 1.807) is 11.1 Å². The van der Waals surface area contributed by atoms with Crippen LogP contribution in [0.15, 0.2) is 120 Å². The van der Waals surface area contributed by atoms with E-state index < -0.39 is 0 Å². The first-order chi connectivity index (χ1) is 19.0. The highest BCUT2D eigenvalue weighted by molar-refractivity contribution is 6.12. The number of fused-ring (bicyclic) bond motifs is 8. The SMILES string of the molecule is CC12CCC(C)(C1)c1cc(-c3cc(N(c4ccccc4)c4ccccc4)c4oc5ccccc5c4c3)ccc12. The number of rotatable bonds is 4. The van der Waals surface area contributed by atoms with Crippen LogP contribution in [0.1, 0.15) is 44.2 Å². The molecule has 0 radical (unpaired) electrons. The summed E-state index contributed by atoms with van der Waals surface area (Å²) in [7, 11) is 0. The molecular weight excluding hydrogens is 474 g/mol. The maximum atomic E-state index is 6.60. The molecule has 1 heterocycles. The second-order valence-electron chi connectivity index (χ2n) is 12.0. The molecule has 39 heavy (non-hydrogen) atoms. The summed E-state index contributed by atoms with van der Waals surface area (Å²) >= 11 is 0. The number of benzene rings is 5. The standard InChI is InChI=1S/C37H31NO/c1-36-19-20-37(2,24-36)32-22-25(17-18-31(32)36)26-21-30-29-15-9-10-16-34(29)39-35(30)33(23-26)38(27-11-5-3-6-12-27)28-13-7-4-8-14-28/h3-18,21-23H,19-20,24H2,1-2H3. The van der Waals surface area contributed by atoms with Crippen molar-refractivity contribution in [3.05, 3.63) is 126 Å². The normalized spacial score (nSPS) is 21.5. The van der Waals surface area contributed by atoms with Crippen LogP contribution >= 0.6 is 0 Å². The van der Waals surface area contributed by atoms with Gasteiger partial charge in [-0.1, -0.05) is 86.6 Å². The molecule has 0 aliphatic heterocycles. The van der Waals surface area contributed by atoms with E-state index in [1.165, 1.54) is 30.4 Å². The second kappa shape index (κ2) is 8.10. The maximum Gasteiger partial charge on any atom is 0.159 e. The number of para-hydroxylation sites is 3. The number of furan rings is 1. The fourth-order valence-electron chi connectivity index (χ4n) is 7.52. The molecule has 1 aromatic heterocycles. The van der Waals surface area contributed by atoms with Gasteiger partial charge in [0.25, 0.3) is 0 Å². The molecule has 2 unspecified atom stereocenters. The number of hydrogen-bond acceptors (Lipinski definition) is 2. The Morgan fingerprint density at radius 1 is 0.590 bits per heavy atom. The van der Waals surface area contributed by atoms with Crippen LogP contribution in [-0.4, -0.2) is 0 Å². The minimum Gasteiger partial charge on any atom is -0.454 e. The lowest BCUT2D eigenvalue weighted by molar-refractivity contribution is 0.484. The van der Waals surface area contributed by atoms with E-state index in [1.807, 2.05) is 6.07 Å². The number of anilines is 3. The largest absolute Gasteiger partial charge is 0.454 e. The van der Waals surface area contributed by atoms with Crippen LogP contribution in [0.2, 0.25) is 0 Å². The van der Waals surface area contributed by atoms with Gasteiger partial charge >= 0.3 is 0 Å². The van der Waals surface area contributed by atoms with Crippen molar-refractivity contribution in [3.63, 3.8) is 0 Å². The zero-order valence-electron chi connectivity index (χ0n) is 22.4. The van der Waals surface area contributed by atoms with E-state index in [9.17, 15) is 0 Å². The van der Waals surface area contributed by atoms with Gasteiger partial charge in [0.2, 0.25) is 0 Å². The molecule has 2 atom stereocenters. The van der Waals surface area contributed by atoms with Gasteiger partial charge in [0, 0.05) is 22.1 Å². The summed E-state index contributed by atoms with van der Waals surface area (Å²) in [4.78, 5) is 2.33. The number of hydrogen-bond donors (Lipinski definition) is 0. The van der Waals surface area contributed by atoms with Crippen molar-refractivity contribution in [2.75, 3.05) is 4.90 Å². The molecule has 1 saturated carbocycles. The van der Waals surface area contributed by atoms with Crippen molar-refractivity contribution in [2.24, 2.45) is 0 Å². The van der Waals surface area contributed by atoms with Crippen LogP contribution in [0.3, 0.4) is 0 Å². The third-order valence-corrected chi connectivity index (χ3v) is 9.39. The van der Waals surface area contributed by atoms with Crippen LogP contribution < -0.4 is 4.90 Å². The van der Waals surface area contributed by atoms with Crippen molar-refractivity contribution in [1.29, 1.82) is 0 Å². The fraction of sp³-hybridized carbons (Fsp3) is 0.189. The fourth-order valence-corrected chi connectivity index (χ4v) is 7.52. The van der Waals surface area contributed by atoms with Gasteiger partial charge in [0.15, 0.2) is 5.58 Å². The van der Waals surface area contributed by atoms with Crippen molar-refractivity contribution in [1.82, 2.24) is 0 Å². The monoisotopic (exact) mass is 505 g/mol. The van der Waals surface area contributed by atoms with Gasteiger partial charge < -0.3 is 9.32 Å². The molecule has 2 nitrogen and oxygen atoms in total. The highest BCUT2D eigenvalue weighted by Gasteiger charge is 2.52. The summed E-state index contributed by atoms with van der Waals surface area (Å²) in [6, 6.07) is 41.5. The average molecular weight is 506 g/mol. The van der Waals surface area contributed by atoms with Crippen molar-refractivity contribution >= 4 is 39.0 Å². The Bertz CT molecular complexity index is 1830. The van der Waals surface area contributed by atoms with Crippen molar-refractivity contribution in [3.8, 4) is 11.1 Å². The summed E-state index contributed by atoms with van der Waals surface area (Å²) in [6.45, 7) is 4.93. The summed E-state index contributed by atoms with van der Waals surface area (Å²) in [5.41, 5.74) is 11.3. The molecule has 8 rings (SSSR count). The first-order valence-corrected chi connectivity index (χ1v) is 14.0. The van der Waals surface area contributed by atoms with Gasteiger partial charge in [0.05, 0.1) is 5.69 Å². The first-order valence-electron chi connectivity index (χ1n) is 14.0. The van der Waals surface area contributed by atoms with Gasteiger partial charge in [-0.05, 0) is 94.8 Å². The lowest BCUT2D eigenvalue weighted by Crippen LogP contribution is -2.17. The zero-order valence-corrected chi connectivity index (χ0v) is 22.4. The Labute approximate surface area is 229 Å². The van der Waals surface area contributed by atoms with Gasteiger partial charge in [0.1, 0.15) is 5.58 Å². The lowest BCUT2D eigenvalue weighted by Gasteiger charge is -2.28. The predicted molar refractivity (Wildman–Crippen MR) is 162 cm³/mol. The highest BCUT2D eigenvalue weighted by atomic mass is 16.3. The van der Waals surface area contributed by atoms with E-state index in [4.69, 9.17) is 4.42 Å². The summed E-state index contributed by atoms with van der Waals surface area (Å²) < 4.78 is 6.60. The Balaban J connectivity index is 1.41. The Morgan fingerprint density at radius 3 is 1.95 bits per heavy atom. The summed E-state index contributed by atoms with van der Waals surface area (Å²) in [5, 5.41) is 2.30. The van der Waals surface area contributed by atoms with Gasteiger partial charge in [-0.2, -0.15) is 0 Å². The average Bonchev–Trinajstić information content (AvgIpc) is 3.59. The van der Waals surface area contributed by atoms with Crippen LogP contribution in [0.25, 0.3) is 33.1 Å². The Morgan fingerprint density at radius 2 is 1.23 bits per heavy atom. The molecule has 5 aromatic carbocycles. The van der Waals surface area contributed by atoms with E-state index in [0.717, 1.165) is 39.0 Å². The molecule has 2 bridgehead atoms. The minimum atomic E-state index is 0.287. The van der Waals surface area contributed by atoms with E-state index in [2.05, 4.69) is 128 Å². The summed E-state index contributed by atoms with van der Waals surface area (Å²) in [6.07, 6.45) is 3.85. The Hall–Kier alpha value is -4.30. The van der Waals surface area contributed by atoms with E-state index in [-0.39, 0.29) is 5.41 Å². The van der Waals surface area contributed by atoms with Crippen LogP contribution in [0.4, 0.5) is 17.1 Å². The quantitative estimate of drug-likeness (QED) is 0.237. The predicted octanol–water partition coefficient (Wildman–Crippen LogP) is 10.4. The third-order valence-electron chi connectivity index (χ3n) is 9.39. The van der Waals surface area contributed by atoms with Gasteiger partial charge in [-0.25, -0.2) is 0 Å².